The van der Waals surface area contributed by atoms with Crippen LogP contribution in [-0.2, 0) is 0 Å². The molecule has 0 radical (unpaired) electrons. The predicted molar refractivity (Wildman–Crippen MR) is 526 cm³/mol. The molecule has 13 heteroatoms. The first kappa shape index (κ1) is 81.6. The Morgan fingerprint density at radius 2 is 0.488 bits per heavy atom. The fourth-order valence-corrected chi connectivity index (χ4v) is 16.0. The Labute approximate surface area is 747 Å². The first-order valence-corrected chi connectivity index (χ1v) is 42.9. The Balaban J connectivity index is 0.000000105. The van der Waals surface area contributed by atoms with E-state index in [1.54, 1.807) is 6.20 Å². The molecule has 23 aromatic rings. The van der Waals surface area contributed by atoms with Gasteiger partial charge in [-0.05, 0) is 157 Å². The molecular weight excluding hydrogens is 1580 g/mol. The van der Waals surface area contributed by atoms with Crippen molar-refractivity contribution in [2.24, 2.45) is 0 Å². The number of hydrogen-bond acceptors (Lipinski definition) is 13. The first-order valence-electron chi connectivity index (χ1n) is 42.9. The number of fused-ring (bicyclic) bond motifs is 9. The molecule has 13 nitrogen and oxygen atoms in total. The first-order chi connectivity index (χ1) is 63.4. The van der Waals surface area contributed by atoms with Gasteiger partial charge in [0.15, 0.2) is 29.1 Å². The number of pyridine rings is 1. The molecule has 8 heterocycles. The van der Waals surface area contributed by atoms with Crippen LogP contribution >= 0.6 is 0 Å². The lowest BCUT2D eigenvalue weighted by atomic mass is 9.99. The van der Waals surface area contributed by atoms with Crippen LogP contribution in [0, 0.1) is 34.6 Å². The van der Waals surface area contributed by atoms with Crippen LogP contribution in [0.1, 0.15) is 28.5 Å². The second-order valence-corrected chi connectivity index (χ2v) is 31.5. The fourth-order valence-electron chi connectivity index (χ4n) is 16.0. The maximum Gasteiger partial charge on any atom is 0.160 e. The van der Waals surface area contributed by atoms with E-state index in [2.05, 4.69) is 241 Å². The van der Waals surface area contributed by atoms with Gasteiger partial charge in [0.2, 0.25) is 0 Å². The Morgan fingerprint density at radius 1 is 0.171 bits per heavy atom. The average Bonchev–Trinajstić information content (AvgIpc) is 1.57. The molecule has 0 N–H and O–H groups in total. The summed E-state index contributed by atoms with van der Waals surface area (Å²) in [5.74, 6) is 3.73. The van der Waals surface area contributed by atoms with Gasteiger partial charge in [-0.1, -0.05) is 340 Å². The van der Waals surface area contributed by atoms with Crippen LogP contribution in [0.3, 0.4) is 0 Å². The molecule has 129 heavy (non-hydrogen) atoms. The monoisotopic (exact) mass is 1660 g/mol. The maximum atomic E-state index is 6.16. The van der Waals surface area contributed by atoms with E-state index >= 15 is 0 Å². The van der Waals surface area contributed by atoms with Gasteiger partial charge in [-0.2, -0.15) is 0 Å². The molecule has 0 fully saturated rings. The van der Waals surface area contributed by atoms with Gasteiger partial charge in [-0.15, -0.1) is 0 Å². The number of benzene rings is 15. The van der Waals surface area contributed by atoms with Gasteiger partial charge in [0.1, 0.15) is 22.3 Å². The topological polar surface area (TPSA) is 168 Å². The van der Waals surface area contributed by atoms with Crippen molar-refractivity contribution in [1.29, 1.82) is 0 Å². The molecule has 0 bridgehead atoms. The number of furan rings is 2. The zero-order chi connectivity index (χ0) is 87.4. The van der Waals surface area contributed by atoms with Crippen molar-refractivity contribution in [2.45, 2.75) is 34.6 Å². The van der Waals surface area contributed by atoms with Crippen molar-refractivity contribution in [3.63, 3.8) is 0 Å². The highest BCUT2D eigenvalue weighted by Crippen LogP contribution is 2.39. The van der Waals surface area contributed by atoms with E-state index in [1.807, 2.05) is 247 Å². The predicted octanol–water partition coefficient (Wildman–Crippen LogP) is 29.4. The third-order valence-electron chi connectivity index (χ3n) is 22.3. The lowest BCUT2D eigenvalue weighted by Crippen LogP contribution is -1.95. The highest BCUT2D eigenvalue weighted by molar-refractivity contribution is 6.10. The lowest BCUT2D eigenvalue weighted by Gasteiger charge is -2.09. The van der Waals surface area contributed by atoms with Crippen LogP contribution in [0.15, 0.2) is 434 Å². The smallest absolute Gasteiger partial charge is 0.160 e. The third kappa shape index (κ3) is 18.8. The molecule has 0 atom stereocenters. The minimum Gasteiger partial charge on any atom is -0.456 e. The summed E-state index contributed by atoms with van der Waals surface area (Å²) < 4.78 is 12.2. The number of rotatable bonds is 12. The Hall–Kier alpha value is -17.0. The maximum absolute atomic E-state index is 6.16. The SMILES string of the molecule is Cc1cc(-c2ccc(-c3ccccc3)cc2)nc(-c2ccc(-c3ccccc3)cc2)n1.Cc1cc(-c2ccc3c(c2)oc2ccccc23)nc(-c2ccccc2)n1.Cc1cc(-c2ccc3c(ccc4ccccc43)c2)nc(-c2ccccc2)n1.Cc1cc(-c2cccc3c2oc2ccccc23)nc(-c2ccccc2)n1.Cc1cc(-c2ccccn2)nc(-c2ccccc2)n1. The molecule has 0 aliphatic carbocycles. The largest absolute Gasteiger partial charge is 0.456 e. The van der Waals surface area contributed by atoms with Gasteiger partial charge >= 0.3 is 0 Å². The number of para-hydroxylation sites is 3. The van der Waals surface area contributed by atoms with Crippen molar-refractivity contribution in [2.75, 3.05) is 0 Å². The van der Waals surface area contributed by atoms with Crippen LogP contribution in [-0.4, -0.2) is 54.8 Å². The van der Waals surface area contributed by atoms with E-state index < -0.39 is 0 Å². The number of aryl methyl sites for hydroxylation is 5. The molecule has 0 saturated carbocycles. The quantitative estimate of drug-likeness (QED) is 0.106. The molecule has 0 amide bonds. The van der Waals surface area contributed by atoms with Crippen molar-refractivity contribution < 1.29 is 8.83 Å². The Morgan fingerprint density at radius 3 is 0.977 bits per heavy atom. The van der Waals surface area contributed by atoms with Crippen LogP contribution in [0.5, 0.6) is 0 Å². The van der Waals surface area contributed by atoms with Crippen molar-refractivity contribution in [3.05, 3.63) is 453 Å². The molecule has 0 aliphatic heterocycles. The molecule has 15 aromatic carbocycles. The van der Waals surface area contributed by atoms with Crippen molar-refractivity contribution in [1.82, 2.24) is 54.8 Å². The molecule has 0 aliphatic rings. The van der Waals surface area contributed by atoms with Gasteiger partial charge in [0.25, 0.3) is 0 Å². The van der Waals surface area contributed by atoms with Crippen LogP contribution in [0.25, 0.3) is 201 Å². The van der Waals surface area contributed by atoms with Gasteiger partial charge in [-0.25, -0.2) is 49.8 Å². The normalized spacial score (nSPS) is 11.0. The summed E-state index contributed by atoms with van der Waals surface area (Å²) in [7, 11) is 0. The summed E-state index contributed by atoms with van der Waals surface area (Å²) in [5.41, 5.74) is 27.8. The zero-order valence-corrected chi connectivity index (χ0v) is 71.7. The molecule has 0 saturated heterocycles. The second kappa shape index (κ2) is 37.6. The van der Waals surface area contributed by atoms with E-state index in [0.717, 1.165) is 186 Å². The summed E-state index contributed by atoms with van der Waals surface area (Å²) >= 11 is 0. The highest BCUT2D eigenvalue weighted by Gasteiger charge is 2.19. The van der Waals surface area contributed by atoms with E-state index in [4.69, 9.17) is 28.8 Å². The summed E-state index contributed by atoms with van der Waals surface area (Å²) in [5, 5.41) is 9.53. The van der Waals surface area contributed by atoms with Gasteiger partial charge in [-0.3, -0.25) is 4.98 Å². The number of nitrogens with zero attached hydrogens (tertiary/aromatic N) is 11. The zero-order valence-electron chi connectivity index (χ0n) is 71.7. The van der Waals surface area contributed by atoms with Gasteiger partial charge in [0.05, 0.1) is 34.2 Å². The summed E-state index contributed by atoms with van der Waals surface area (Å²) in [6, 6.07) is 142. The second-order valence-electron chi connectivity index (χ2n) is 31.5. The fraction of sp³-hybridized carbons (Fsp3) is 0.0431. The van der Waals surface area contributed by atoms with Crippen LogP contribution in [0.2, 0.25) is 0 Å². The standard InChI is InChI=1S/C29H22N2.C25H18N2.2C23H16N2O.C16H13N3/c1-21-20-28(26-16-12-24(13-17-26)22-8-4-2-5-9-22)31-29(30-21)27-18-14-25(15-19-27)23-10-6-3-7-11-23;1-17-15-24(27-25(26-17)19-8-3-2-4-9-19)21-13-14-23-20(16-21)12-11-18-7-5-6-10-22(18)23;1-15-14-20(25-23(24-15)16-8-3-2-4-9-16)19-12-7-11-18-17-10-5-6-13-21(17)26-22(18)19;1-15-13-20(25-23(24-15)16-7-3-2-4-8-16)17-11-12-19-18-9-5-6-10-21(18)26-22(19)14-17;1-12-11-15(14-9-5-6-10-17-14)19-16(18-12)13-7-3-2-4-8-13/h2-20H,1H3;2-16H,1H3;2*2-14H,1H3;2-11H,1H3. The third-order valence-corrected chi connectivity index (χ3v) is 22.3. The Kier molecular flexibility index (Phi) is 23.8. The minimum atomic E-state index is 0.730. The molecule has 616 valence electrons. The molecule has 0 spiro atoms. The molecule has 23 rings (SSSR count). The average molecular weight is 1670 g/mol. The lowest BCUT2D eigenvalue weighted by molar-refractivity contribution is 0.669. The van der Waals surface area contributed by atoms with Crippen LogP contribution in [0.4, 0.5) is 0 Å². The van der Waals surface area contributed by atoms with E-state index in [1.165, 1.54) is 43.8 Å². The van der Waals surface area contributed by atoms with E-state index in [-0.39, 0.29) is 0 Å². The minimum absolute atomic E-state index is 0.730. The van der Waals surface area contributed by atoms with Crippen molar-refractivity contribution >= 4 is 65.4 Å². The summed E-state index contributed by atoms with van der Waals surface area (Å²) in [6.45, 7) is 10.0. The molecule has 0 unspecified atom stereocenters. The Bertz CT molecular complexity index is 7720. The summed E-state index contributed by atoms with van der Waals surface area (Å²) in [6.07, 6.45) is 1.77. The number of hydrogen-bond donors (Lipinski definition) is 0. The van der Waals surface area contributed by atoms with Gasteiger partial charge in [0, 0.05) is 106 Å². The van der Waals surface area contributed by atoms with Crippen LogP contribution < -0.4 is 0 Å². The summed E-state index contributed by atoms with van der Waals surface area (Å²) in [4.78, 5) is 51.2. The van der Waals surface area contributed by atoms with E-state index in [0.29, 0.717) is 0 Å². The number of aromatic nitrogens is 11. The highest BCUT2D eigenvalue weighted by atomic mass is 16.3. The molecular formula is C116H85N11O2. The molecule has 8 aromatic heterocycles. The van der Waals surface area contributed by atoms with Crippen molar-refractivity contribution in [3.8, 4) is 136 Å². The van der Waals surface area contributed by atoms with Gasteiger partial charge < -0.3 is 8.83 Å². The van der Waals surface area contributed by atoms with E-state index in [9.17, 15) is 0 Å².